The molecule has 2 aromatic carbocycles. The standard InChI is InChI=1S/C26H30N4O6/c31-25(29-9-5-27(6-10-29)15-19-1-3-21-23(13-19)35-17-33-21)26(32)30-11-7-28(8-12-30)16-20-2-4-22-24(14-20)36-18-34-22/h1-4,13-14H,5-12,15-18H2. The minimum atomic E-state index is -0.387. The van der Waals surface area contributed by atoms with Crippen LogP contribution in [0.1, 0.15) is 11.1 Å². The van der Waals surface area contributed by atoms with E-state index in [-0.39, 0.29) is 25.4 Å². The molecule has 10 heteroatoms. The zero-order valence-electron chi connectivity index (χ0n) is 20.2. The highest BCUT2D eigenvalue weighted by molar-refractivity contribution is 6.34. The van der Waals surface area contributed by atoms with E-state index in [1.165, 1.54) is 0 Å². The van der Waals surface area contributed by atoms with Gasteiger partial charge in [0.15, 0.2) is 23.0 Å². The predicted molar refractivity (Wildman–Crippen MR) is 129 cm³/mol. The molecular weight excluding hydrogens is 464 g/mol. The number of fused-ring (bicyclic) bond motifs is 2. The maximum Gasteiger partial charge on any atom is 0.312 e. The quantitative estimate of drug-likeness (QED) is 0.585. The highest BCUT2D eigenvalue weighted by Gasteiger charge is 2.31. The molecule has 4 aliphatic rings. The summed E-state index contributed by atoms with van der Waals surface area (Å²) in [7, 11) is 0. The van der Waals surface area contributed by atoms with Crippen LogP contribution >= 0.6 is 0 Å². The Balaban J connectivity index is 0.952. The summed E-state index contributed by atoms with van der Waals surface area (Å²) in [5.74, 6) is 2.34. The molecule has 2 aromatic rings. The van der Waals surface area contributed by atoms with Gasteiger partial charge in [0.2, 0.25) is 13.6 Å². The predicted octanol–water partition coefficient (Wildman–Crippen LogP) is 1.13. The van der Waals surface area contributed by atoms with E-state index in [1.54, 1.807) is 9.80 Å². The van der Waals surface area contributed by atoms with E-state index in [4.69, 9.17) is 18.9 Å². The normalized spacial score (nSPS) is 19.6. The van der Waals surface area contributed by atoms with Crippen LogP contribution in [-0.4, -0.2) is 97.4 Å². The SMILES string of the molecule is O=C(C(=O)N1CCN(Cc2ccc3c(c2)OCO3)CC1)N1CCN(Cc2ccc3c(c2)OCO3)CC1. The summed E-state index contributed by atoms with van der Waals surface area (Å²) in [4.78, 5) is 33.8. The minimum absolute atomic E-state index is 0.266. The molecule has 0 unspecified atom stereocenters. The summed E-state index contributed by atoms with van der Waals surface area (Å²) in [5, 5.41) is 0. The lowest BCUT2D eigenvalue weighted by Crippen LogP contribution is -2.56. The Morgan fingerprint density at radius 2 is 0.944 bits per heavy atom. The number of hydrogen-bond acceptors (Lipinski definition) is 8. The van der Waals surface area contributed by atoms with E-state index >= 15 is 0 Å². The van der Waals surface area contributed by atoms with Gasteiger partial charge in [-0.15, -0.1) is 0 Å². The lowest BCUT2D eigenvalue weighted by molar-refractivity contribution is -0.153. The van der Waals surface area contributed by atoms with Crippen molar-refractivity contribution in [2.75, 3.05) is 65.9 Å². The monoisotopic (exact) mass is 494 g/mol. The second-order valence-corrected chi connectivity index (χ2v) is 9.51. The first-order chi connectivity index (χ1) is 17.6. The number of rotatable bonds is 4. The van der Waals surface area contributed by atoms with Gasteiger partial charge in [0.1, 0.15) is 0 Å². The van der Waals surface area contributed by atoms with Crippen molar-refractivity contribution in [1.82, 2.24) is 19.6 Å². The minimum Gasteiger partial charge on any atom is -0.454 e. The van der Waals surface area contributed by atoms with E-state index in [1.807, 2.05) is 36.4 Å². The van der Waals surface area contributed by atoms with Crippen LogP contribution in [0.4, 0.5) is 0 Å². The van der Waals surface area contributed by atoms with E-state index in [9.17, 15) is 9.59 Å². The number of carbonyl (C=O) groups is 2. The average molecular weight is 495 g/mol. The van der Waals surface area contributed by atoms with Crippen LogP contribution in [0, 0.1) is 0 Å². The van der Waals surface area contributed by atoms with Crippen molar-refractivity contribution in [1.29, 1.82) is 0 Å². The van der Waals surface area contributed by atoms with Crippen molar-refractivity contribution in [3.8, 4) is 23.0 Å². The molecule has 0 bridgehead atoms. The lowest BCUT2D eigenvalue weighted by atomic mass is 10.1. The third kappa shape index (κ3) is 4.78. The molecule has 190 valence electrons. The second-order valence-electron chi connectivity index (χ2n) is 9.51. The van der Waals surface area contributed by atoms with Crippen molar-refractivity contribution in [3.05, 3.63) is 47.5 Å². The summed E-state index contributed by atoms with van der Waals surface area (Å²) in [6.45, 7) is 7.24. The van der Waals surface area contributed by atoms with E-state index in [2.05, 4.69) is 9.80 Å². The fraction of sp³-hybridized carbons (Fsp3) is 0.462. The van der Waals surface area contributed by atoms with Crippen molar-refractivity contribution < 1.29 is 28.5 Å². The molecule has 0 aromatic heterocycles. The van der Waals surface area contributed by atoms with Gasteiger partial charge in [0.05, 0.1) is 0 Å². The second kappa shape index (κ2) is 9.87. The maximum absolute atomic E-state index is 12.9. The molecule has 2 saturated heterocycles. The first-order valence-electron chi connectivity index (χ1n) is 12.4. The molecule has 2 amide bonds. The summed E-state index contributed by atoms with van der Waals surface area (Å²) in [6.07, 6.45) is 0. The number of benzene rings is 2. The average Bonchev–Trinajstić information content (AvgIpc) is 3.58. The number of ether oxygens (including phenoxy) is 4. The fourth-order valence-corrected chi connectivity index (χ4v) is 5.08. The molecule has 36 heavy (non-hydrogen) atoms. The zero-order chi connectivity index (χ0) is 24.5. The first-order valence-corrected chi connectivity index (χ1v) is 12.4. The molecule has 0 saturated carbocycles. The molecule has 4 aliphatic heterocycles. The molecule has 4 heterocycles. The topological polar surface area (TPSA) is 84.0 Å². The van der Waals surface area contributed by atoms with Crippen LogP contribution in [0.5, 0.6) is 23.0 Å². The Labute approximate surface area is 209 Å². The number of amides is 2. The first kappa shape index (κ1) is 22.9. The molecular formula is C26H30N4O6. The van der Waals surface area contributed by atoms with Gasteiger partial charge in [-0.25, -0.2) is 0 Å². The fourth-order valence-electron chi connectivity index (χ4n) is 5.08. The van der Waals surface area contributed by atoms with Crippen molar-refractivity contribution in [3.63, 3.8) is 0 Å². The van der Waals surface area contributed by atoms with Crippen molar-refractivity contribution >= 4 is 11.8 Å². The van der Waals surface area contributed by atoms with Crippen molar-refractivity contribution in [2.45, 2.75) is 13.1 Å². The maximum atomic E-state index is 12.9. The summed E-state index contributed by atoms with van der Waals surface area (Å²) in [5.41, 5.74) is 2.29. The molecule has 0 aliphatic carbocycles. The van der Waals surface area contributed by atoms with Gasteiger partial charge in [-0.3, -0.25) is 19.4 Å². The highest BCUT2D eigenvalue weighted by atomic mass is 16.7. The van der Waals surface area contributed by atoms with Crippen LogP contribution in [0.25, 0.3) is 0 Å². The molecule has 10 nitrogen and oxygen atoms in total. The van der Waals surface area contributed by atoms with Gasteiger partial charge in [-0.05, 0) is 35.4 Å². The smallest absolute Gasteiger partial charge is 0.312 e. The number of hydrogen-bond donors (Lipinski definition) is 0. The Morgan fingerprint density at radius 3 is 1.36 bits per heavy atom. The van der Waals surface area contributed by atoms with Crippen LogP contribution in [0.15, 0.2) is 36.4 Å². The summed E-state index contributed by atoms with van der Waals surface area (Å²) < 4.78 is 21.7. The number of carbonyl (C=O) groups excluding carboxylic acids is 2. The molecule has 2 fully saturated rings. The summed E-state index contributed by atoms with van der Waals surface area (Å²) >= 11 is 0. The van der Waals surface area contributed by atoms with E-state index in [0.29, 0.717) is 26.2 Å². The van der Waals surface area contributed by atoms with Gasteiger partial charge < -0.3 is 28.7 Å². The highest BCUT2D eigenvalue weighted by Crippen LogP contribution is 2.33. The summed E-state index contributed by atoms with van der Waals surface area (Å²) in [6, 6.07) is 12.0. The van der Waals surface area contributed by atoms with Gasteiger partial charge in [-0.2, -0.15) is 0 Å². The molecule has 6 rings (SSSR count). The van der Waals surface area contributed by atoms with Crippen LogP contribution < -0.4 is 18.9 Å². The van der Waals surface area contributed by atoms with Crippen molar-refractivity contribution in [2.24, 2.45) is 0 Å². The Kier molecular flexibility index (Phi) is 6.28. The molecule has 0 atom stereocenters. The Morgan fingerprint density at radius 1 is 0.556 bits per heavy atom. The zero-order valence-corrected chi connectivity index (χ0v) is 20.2. The van der Waals surface area contributed by atoms with Crippen LogP contribution in [0.3, 0.4) is 0 Å². The molecule has 0 N–H and O–H groups in total. The molecule has 0 radical (unpaired) electrons. The van der Waals surface area contributed by atoms with Crippen LogP contribution in [-0.2, 0) is 22.7 Å². The van der Waals surface area contributed by atoms with Gasteiger partial charge in [0, 0.05) is 65.4 Å². The van der Waals surface area contributed by atoms with Gasteiger partial charge in [0.25, 0.3) is 0 Å². The Bertz CT molecular complexity index is 1050. The van der Waals surface area contributed by atoms with Gasteiger partial charge in [-0.1, -0.05) is 12.1 Å². The van der Waals surface area contributed by atoms with E-state index < -0.39 is 0 Å². The van der Waals surface area contributed by atoms with E-state index in [0.717, 1.165) is 73.4 Å². The number of nitrogens with zero attached hydrogens (tertiary/aromatic N) is 4. The Hall–Kier alpha value is -3.50. The van der Waals surface area contributed by atoms with Gasteiger partial charge >= 0.3 is 11.8 Å². The third-order valence-corrected chi connectivity index (χ3v) is 7.19. The lowest BCUT2D eigenvalue weighted by Gasteiger charge is -2.37. The molecule has 0 spiro atoms. The largest absolute Gasteiger partial charge is 0.454 e. The van der Waals surface area contributed by atoms with Crippen LogP contribution in [0.2, 0.25) is 0 Å². The number of piperazine rings is 2. The third-order valence-electron chi connectivity index (χ3n) is 7.19.